The van der Waals surface area contributed by atoms with Crippen LogP contribution in [-0.2, 0) is 6.54 Å². The summed E-state index contributed by atoms with van der Waals surface area (Å²) >= 11 is 1.56. The first kappa shape index (κ1) is 14.7. The highest BCUT2D eigenvalue weighted by molar-refractivity contribution is 7.16. The van der Waals surface area contributed by atoms with Crippen molar-refractivity contribution in [2.24, 2.45) is 4.99 Å². The molecular weight excluding hydrogens is 292 g/mol. The zero-order valence-corrected chi connectivity index (χ0v) is 13.8. The number of amides is 1. The zero-order valence-electron chi connectivity index (χ0n) is 13.0. The molecule has 0 aliphatic carbocycles. The molecular formula is C18H18N2OS. The minimum Gasteiger partial charge on any atom is -0.317 e. The molecule has 0 N–H and O–H groups in total. The van der Waals surface area contributed by atoms with Gasteiger partial charge < -0.3 is 4.57 Å². The Labute approximate surface area is 133 Å². The second-order valence-electron chi connectivity index (χ2n) is 5.38. The fraction of sp³-hybridized carbons (Fsp3) is 0.222. The number of hydrogen-bond donors (Lipinski definition) is 0. The van der Waals surface area contributed by atoms with Gasteiger partial charge in [0.25, 0.3) is 5.91 Å². The highest BCUT2D eigenvalue weighted by atomic mass is 32.1. The molecule has 0 aliphatic heterocycles. The molecule has 0 atom stereocenters. The van der Waals surface area contributed by atoms with Crippen LogP contribution >= 0.6 is 11.3 Å². The molecule has 0 unspecified atom stereocenters. The van der Waals surface area contributed by atoms with E-state index in [2.05, 4.69) is 41.6 Å². The highest BCUT2D eigenvalue weighted by Gasteiger charge is 2.08. The van der Waals surface area contributed by atoms with E-state index < -0.39 is 0 Å². The van der Waals surface area contributed by atoms with Crippen molar-refractivity contribution in [2.45, 2.75) is 27.3 Å². The van der Waals surface area contributed by atoms with Crippen molar-refractivity contribution in [3.05, 3.63) is 64.0 Å². The fourth-order valence-electron chi connectivity index (χ4n) is 2.42. The number of aromatic nitrogens is 1. The fourth-order valence-corrected chi connectivity index (χ4v) is 3.61. The lowest BCUT2D eigenvalue weighted by Gasteiger charge is -2.00. The summed E-state index contributed by atoms with van der Waals surface area (Å²) in [5.74, 6) is -0.189. The number of benzene rings is 2. The molecule has 0 spiro atoms. The summed E-state index contributed by atoms with van der Waals surface area (Å²) in [6, 6.07) is 13.9. The van der Waals surface area contributed by atoms with Crippen LogP contribution in [0.2, 0.25) is 0 Å². The van der Waals surface area contributed by atoms with Gasteiger partial charge in [0.2, 0.25) is 0 Å². The summed E-state index contributed by atoms with van der Waals surface area (Å²) in [6.45, 7) is 6.94. The summed E-state index contributed by atoms with van der Waals surface area (Å²) in [5.41, 5.74) is 4.11. The Morgan fingerprint density at radius 2 is 1.77 bits per heavy atom. The molecule has 112 valence electrons. The van der Waals surface area contributed by atoms with Crippen LogP contribution in [-0.4, -0.2) is 10.5 Å². The first-order chi connectivity index (χ1) is 10.6. The molecule has 1 aromatic heterocycles. The van der Waals surface area contributed by atoms with Gasteiger partial charge >= 0.3 is 0 Å². The summed E-state index contributed by atoms with van der Waals surface area (Å²) < 4.78 is 3.25. The Bertz CT molecular complexity index is 901. The van der Waals surface area contributed by atoms with Crippen LogP contribution in [0.15, 0.2) is 47.5 Å². The van der Waals surface area contributed by atoms with E-state index in [1.54, 1.807) is 11.3 Å². The molecule has 0 saturated heterocycles. The van der Waals surface area contributed by atoms with Gasteiger partial charge in [-0.05, 0) is 50.6 Å². The first-order valence-electron chi connectivity index (χ1n) is 7.34. The van der Waals surface area contributed by atoms with Gasteiger partial charge in [0.1, 0.15) is 0 Å². The molecule has 22 heavy (non-hydrogen) atoms. The number of fused-ring (bicyclic) bond motifs is 1. The quantitative estimate of drug-likeness (QED) is 0.702. The second-order valence-corrected chi connectivity index (χ2v) is 6.39. The SMILES string of the molecule is CCn1c(=NC(=O)c2ccc(C)cc2)sc2cc(C)ccc21. The summed E-state index contributed by atoms with van der Waals surface area (Å²) in [5, 5.41) is 0. The smallest absolute Gasteiger partial charge is 0.279 e. The van der Waals surface area contributed by atoms with Crippen LogP contribution < -0.4 is 4.80 Å². The van der Waals surface area contributed by atoms with Crippen molar-refractivity contribution in [3.8, 4) is 0 Å². The maximum absolute atomic E-state index is 12.4. The summed E-state index contributed by atoms with van der Waals surface area (Å²) in [6.07, 6.45) is 0. The van der Waals surface area contributed by atoms with E-state index in [1.807, 2.05) is 31.2 Å². The zero-order chi connectivity index (χ0) is 15.7. The van der Waals surface area contributed by atoms with Crippen LogP contribution in [0.3, 0.4) is 0 Å². The normalized spacial score (nSPS) is 12.0. The van der Waals surface area contributed by atoms with Crippen LogP contribution in [0.4, 0.5) is 0 Å². The maximum Gasteiger partial charge on any atom is 0.279 e. The number of hydrogen-bond acceptors (Lipinski definition) is 2. The van der Waals surface area contributed by atoms with E-state index in [0.29, 0.717) is 5.56 Å². The number of thiazole rings is 1. The lowest BCUT2D eigenvalue weighted by Crippen LogP contribution is -2.15. The molecule has 2 aromatic carbocycles. The van der Waals surface area contributed by atoms with E-state index in [1.165, 1.54) is 5.56 Å². The highest BCUT2D eigenvalue weighted by Crippen LogP contribution is 2.19. The summed E-state index contributed by atoms with van der Waals surface area (Å²) in [7, 11) is 0. The Kier molecular flexibility index (Phi) is 3.94. The Balaban J connectivity index is 2.12. The van der Waals surface area contributed by atoms with E-state index in [4.69, 9.17) is 0 Å². The monoisotopic (exact) mass is 310 g/mol. The van der Waals surface area contributed by atoms with E-state index in [-0.39, 0.29) is 5.91 Å². The third-order valence-electron chi connectivity index (χ3n) is 3.65. The molecule has 3 nitrogen and oxygen atoms in total. The van der Waals surface area contributed by atoms with Gasteiger partial charge in [-0.25, -0.2) is 0 Å². The van der Waals surface area contributed by atoms with Crippen molar-refractivity contribution >= 4 is 27.5 Å². The summed E-state index contributed by atoms with van der Waals surface area (Å²) in [4.78, 5) is 17.5. The van der Waals surface area contributed by atoms with Gasteiger partial charge in [-0.2, -0.15) is 4.99 Å². The lowest BCUT2D eigenvalue weighted by molar-refractivity contribution is 0.0998. The topological polar surface area (TPSA) is 34.4 Å². The Hall–Kier alpha value is -2.20. The standard InChI is InChI=1S/C18H18N2OS/c1-4-20-15-10-7-13(3)11-16(15)22-18(20)19-17(21)14-8-5-12(2)6-9-14/h5-11H,4H2,1-3H3. The molecule has 3 rings (SSSR count). The van der Waals surface area contributed by atoms with Gasteiger partial charge in [0, 0.05) is 12.1 Å². The molecule has 0 saturated carbocycles. The largest absolute Gasteiger partial charge is 0.317 e. The average molecular weight is 310 g/mol. The molecule has 0 bridgehead atoms. The molecule has 4 heteroatoms. The van der Waals surface area contributed by atoms with Gasteiger partial charge in [-0.1, -0.05) is 35.1 Å². The molecule has 3 aromatic rings. The predicted molar refractivity (Wildman–Crippen MR) is 91.3 cm³/mol. The maximum atomic E-state index is 12.4. The predicted octanol–water partition coefficient (Wildman–Crippen LogP) is 4.08. The van der Waals surface area contributed by atoms with Gasteiger partial charge in [-0.3, -0.25) is 4.79 Å². The van der Waals surface area contributed by atoms with E-state index >= 15 is 0 Å². The number of carbonyl (C=O) groups is 1. The number of aryl methyl sites for hydroxylation is 3. The third-order valence-corrected chi connectivity index (χ3v) is 4.69. The number of nitrogens with zero attached hydrogens (tertiary/aromatic N) is 2. The molecule has 0 aliphatic rings. The van der Waals surface area contributed by atoms with Crippen LogP contribution in [0.25, 0.3) is 10.2 Å². The second kappa shape index (κ2) is 5.89. The van der Waals surface area contributed by atoms with Gasteiger partial charge in [-0.15, -0.1) is 0 Å². The average Bonchev–Trinajstić information content (AvgIpc) is 2.83. The Morgan fingerprint density at radius 3 is 2.45 bits per heavy atom. The molecule has 1 amide bonds. The van der Waals surface area contributed by atoms with Gasteiger partial charge in [0.05, 0.1) is 10.2 Å². The van der Waals surface area contributed by atoms with Crippen molar-refractivity contribution < 1.29 is 4.79 Å². The Morgan fingerprint density at radius 1 is 1.09 bits per heavy atom. The van der Waals surface area contributed by atoms with Crippen molar-refractivity contribution in [3.63, 3.8) is 0 Å². The number of rotatable bonds is 2. The molecule has 0 radical (unpaired) electrons. The van der Waals surface area contributed by atoms with Crippen LogP contribution in [0.5, 0.6) is 0 Å². The first-order valence-corrected chi connectivity index (χ1v) is 8.16. The van der Waals surface area contributed by atoms with E-state index in [0.717, 1.165) is 27.1 Å². The number of carbonyl (C=O) groups excluding carboxylic acids is 1. The van der Waals surface area contributed by atoms with Gasteiger partial charge in [0.15, 0.2) is 4.80 Å². The van der Waals surface area contributed by atoms with Crippen LogP contribution in [0, 0.1) is 13.8 Å². The molecule has 0 fully saturated rings. The van der Waals surface area contributed by atoms with Crippen molar-refractivity contribution in [2.75, 3.05) is 0 Å². The minimum absolute atomic E-state index is 0.189. The molecule has 1 heterocycles. The van der Waals surface area contributed by atoms with Crippen LogP contribution in [0.1, 0.15) is 28.4 Å². The van der Waals surface area contributed by atoms with E-state index in [9.17, 15) is 4.79 Å². The third kappa shape index (κ3) is 2.74. The lowest BCUT2D eigenvalue weighted by atomic mass is 10.1. The minimum atomic E-state index is -0.189. The van der Waals surface area contributed by atoms with Crippen molar-refractivity contribution in [1.82, 2.24) is 4.57 Å². The van der Waals surface area contributed by atoms with Crippen molar-refractivity contribution in [1.29, 1.82) is 0 Å².